The predicted octanol–water partition coefficient (Wildman–Crippen LogP) is 9.54. The van der Waals surface area contributed by atoms with Gasteiger partial charge in [-0.1, -0.05) is 48.5 Å². The summed E-state index contributed by atoms with van der Waals surface area (Å²) >= 11 is 0. The maximum atomic E-state index is 5.27. The molecule has 8 heteroatoms. The zero-order valence-corrected chi connectivity index (χ0v) is 29.7. The Labute approximate surface area is 303 Å². The lowest BCUT2D eigenvalue weighted by Crippen LogP contribution is -2.02. The van der Waals surface area contributed by atoms with Crippen LogP contribution in [0.25, 0.3) is 44.8 Å². The van der Waals surface area contributed by atoms with Gasteiger partial charge < -0.3 is 28.1 Å². The Morgan fingerprint density at radius 2 is 0.692 bits per heavy atom. The summed E-state index contributed by atoms with van der Waals surface area (Å²) in [5.74, 6) is 5.30. The van der Waals surface area contributed by atoms with Crippen LogP contribution in [0.1, 0.15) is 11.1 Å². The van der Waals surface area contributed by atoms with Crippen molar-refractivity contribution in [1.29, 1.82) is 0 Å². The average molecular weight is 689 g/mol. The minimum atomic E-state index is 0.742. The van der Waals surface area contributed by atoms with Gasteiger partial charge in [-0.25, -0.2) is 9.97 Å². The van der Waals surface area contributed by atoms with E-state index in [1.807, 2.05) is 109 Å². The Kier molecular flexibility index (Phi) is 10.2. The third-order valence-electron chi connectivity index (χ3n) is 9.01. The van der Waals surface area contributed by atoms with Gasteiger partial charge in [0.05, 0.1) is 50.5 Å². The fourth-order valence-electron chi connectivity index (χ4n) is 6.22. The van der Waals surface area contributed by atoms with Crippen molar-refractivity contribution in [3.8, 4) is 45.8 Å². The first kappa shape index (κ1) is 33.9. The van der Waals surface area contributed by atoms with Crippen molar-refractivity contribution in [1.82, 2.24) is 19.1 Å². The molecule has 0 saturated heterocycles. The highest BCUT2D eigenvalue weighted by atomic mass is 16.5. The summed E-state index contributed by atoms with van der Waals surface area (Å²) in [5.41, 5.74) is 8.75. The lowest BCUT2D eigenvalue weighted by molar-refractivity contribution is 0.414. The number of benzene rings is 6. The molecular weight excluding hydrogens is 649 g/mol. The van der Waals surface area contributed by atoms with Crippen LogP contribution in [-0.4, -0.2) is 47.5 Å². The molecule has 0 aliphatic carbocycles. The van der Waals surface area contributed by atoms with E-state index in [9.17, 15) is 0 Å². The first-order valence-electron chi connectivity index (χ1n) is 17.0. The topological polar surface area (TPSA) is 72.6 Å². The third-order valence-corrected chi connectivity index (χ3v) is 9.01. The van der Waals surface area contributed by atoms with Crippen LogP contribution in [-0.2, 0) is 13.1 Å². The second kappa shape index (κ2) is 15.6. The molecule has 8 nitrogen and oxygen atoms in total. The number of fused-ring (bicyclic) bond motifs is 2. The van der Waals surface area contributed by atoms with Crippen LogP contribution in [0, 0.1) is 0 Å². The molecule has 0 fully saturated rings. The smallest absolute Gasteiger partial charge is 0.141 e. The normalized spacial score (nSPS) is 10.8. The van der Waals surface area contributed by atoms with Crippen molar-refractivity contribution in [2.45, 2.75) is 13.1 Å². The summed E-state index contributed by atoms with van der Waals surface area (Å²) in [6, 6.07) is 48.8. The first-order valence-corrected chi connectivity index (χ1v) is 17.0. The highest BCUT2D eigenvalue weighted by Gasteiger charge is 2.15. The molecule has 2 heterocycles. The van der Waals surface area contributed by atoms with E-state index in [0.29, 0.717) is 0 Å². The number of nitrogens with zero attached hydrogens (tertiary/aromatic N) is 4. The van der Waals surface area contributed by atoms with Crippen LogP contribution >= 0.6 is 0 Å². The van der Waals surface area contributed by atoms with Crippen LogP contribution < -0.4 is 18.9 Å². The van der Waals surface area contributed by atoms with Crippen molar-refractivity contribution >= 4 is 22.1 Å². The summed E-state index contributed by atoms with van der Waals surface area (Å²) in [4.78, 5) is 9.73. The highest BCUT2D eigenvalue weighted by molar-refractivity contribution is 5.82. The Morgan fingerprint density at radius 1 is 0.385 bits per heavy atom. The molecule has 0 unspecified atom stereocenters. The van der Waals surface area contributed by atoms with Gasteiger partial charge in [0, 0.05) is 24.2 Å². The Balaban J connectivity index is 0.000000162. The number of methoxy groups -OCH3 is 4. The van der Waals surface area contributed by atoms with Gasteiger partial charge in [-0.05, 0) is 108 Å². The van der Waals surface area contributed by atoms with Gasteiger partial charge in [0.15, 0.2) is 0 Å². The van der Waals surface area contributed by atoms with E-state index in [4.69, 9.17) is 28.9 Å². The summed E-state index contributed by atoms with van der Waals surface area (Å²) in [5, 5.41) is 0. The van der Waals surface area contributed by atoms with E-state index >= 15 is 0 Å². The maximum absolute atomic E-state index is 5.27. The zero-order valence-electron chi connectivity index (χ0n) is 29.7. The molecule has 260 valence electrons. The Morgan fingerprint density at radius 3 is 1.02 bits per heavy atom. The minimum absolute atomic E-state index is 0.742. The first-order chi connectivity index (χ1) is 25.6. The number of aromatic nitrogens is 4. The highest BCUT2D eigenvalue weighted by Crippen LogP contribution is 2.29. The SMILES string of the molecule is COc1ccc(Cn2c(-c3ccc(OC)cc3)nc3ccccc32)cc1.COc1ccc(Cn2c(-c3ccc(OC)cc3)nc3ccccc32)cc1. The predicted molar refractivity (Wildman–Crippen MR) is 208 cm³/mol. The molecule has 0 spiro atoms. The number of para-hydroxylation sites is 4. The monoisotopic (exact) mass is 688 g/mol. The van der Waals surface area contributed by atoms with Crippen molar-refractivity contribution in [3.05, 3.63) is 157 Å². The van der Waals surface area contributed by atoms with Crippen LogP contribution in [0.3, 0.4) is 0 Å². The van der Waals surface area contributed by atoms with Crippen LogP contribution in [0.4, 0.5) is 0 Å². The Hall–Kier alpha value is -6.54. The summed E-state index contributed by atoms with van der Waals surface area (Å²) < 4.78 is 25.6. The second-order valence-electron chi connectivity index (χ2n) is 12.2. The van der Waals surface area contributed by atoms with Crippen LogP contribution in [0.15, 0.2) is 146 Å². The fourth-order valence-corrected chi connectivity index (χ4v) is 6.22. The molecule has 0 bridgehead atoms. The molecule has 8 rings (SSSR count). The summed E-state index contributed by atoms with van der Waals surface area (Å²) in [6.45, 7) is 1.48. The number of hydrogen-bond donors (Lipinski definition) is 0. The van der Waals surface area contributed by atoms with Gasteiger partial charge in [0.25, 0.3) is 0 Å². The molecule has 0 saturated carbocycles. The van der Waals surface area contributed by atoms with E-state index in [2.05, 4.69) is 45.5 Å². The molecule has 0 atom stereocenters. The van der Waals surface area contributed by atoms with Crippen LogP contribution in [0.5, 0.6) is 23.0 Å². The number of rotatable bonds is 10. The van der Waals surface area contributed by atoms with E-state index in [-0.39, 0.29) is 0 Å². The quantitative estimate of drug-likeness (QED) is 0.143. The zero-order chi connectivity index (χ0) is 35.9. The van der Waals surface area contributed by atoms with Crippen molar-refractivity contribution in [3.63, 3.8) is 0 Å². The standard InChI is InChI=1S/2C22H20N2O2/c2*1-25-18-11-7-16(8-12-18)15-24-21-6-4-3-5-20(21)23-22(24)17-9-13-19(26-2)14-10-17/h2*3-14H,15H2,1-2H3. The van der Waals surface area contributed by atoms with Gasteiger partial charge in [0.2, 0.25) is 0 Å². The van der Waals surface area contributed by atoms with E-state index in [0.717, 1.165) is 80.9 Å². The van der Waals surface area contributed by atoms with Gasteiger partial charge in [0.1, 0.15) is 34.6 Å². The number of ether oxygens (including phenoxy) is 4. The maximum Gasteiger partial charge on any atom is 0.141 e. The summed E-state index contributed by atoms with van der Waals surface area (Å²) in [7, 11) is 6.71. The lowest BCUT2D eigenvalue weighted by Gasteiger charge is -2.11. The molecule has 0 amide bonds. The largest absolute Gasteiger partial charge is 0.497 e. The molecule has 0 radical (unpaired) electrons. The van der Waals surface area contributed by atoms with Gasteiger partial charge in [-0.3, -0.25) is 0 Å². The minimum Gasteiger partial charge on any atom is -0.497 e. The molecule has 0 aliphatic heterocycles. The number of hydrogen-bond acceptors (Lipinski definition) is 6. The molecule has 0 aliphatic rings. The molecule has 8 aromatic rings. The van der Waals surface area contributed by atoms with Crippen molar-refractivity contribution < 1.29 is 18.9 Å². The second-order valence-corrected chi connectivity index (χ2v) is 12.2. The van der Waals surface area contributed by atoms with Crippen molar-refractivity contribution in [2.24, 2.45) is 0 Å². The molecule has 0 N–H and O–H groups in total. The molecule has 52 heavy (non-hydrogen) atoms. The van der Waals surface area contributed by atoms with Crippen LogP contribution in [0.2, 0.25) is 0 Å². The molecule has 6 aromatic carbocycles. The summed E-state index contributed by atoms with van der Waals surface area (Å²) in [6.07, 6.45) is 0. The van der Waals surface area contributed by atoms with Gasteiger partial charge >= 0.3 is 0 Å². The van der Waals surface area contributed by atoms with Crippen molar-refractivity contribution in [2.75, 3.05) is 28.4 Å². The van der Waals surface area contributed by atoms with E-state index < -0.39 is 0 Å². The molecular formula is C44H40N4O4. The Bertz CT molecular complexity index is 2210. The molecule has 2 aromatic heterocycles. The van der Waals surface area contributed by atoms with E-state index in [1.54, 1.807) is 28.4 Å². The van der Waals surface area contributed by atoms with Gasteiger partial charge in [-0.15, -0.1) is 0 Å². The fraction of sp³-hybridized carbons (Fsp3) is 0.136. The van der Waals surface area contributed by atoms with Gasteiger partial charge in [-0.2, -0.15) is 0 Å². The lowest BCUT2D eigenvalue weighted by atomic mass is 10.2. The third kappa shape index (κ3) is 7.32. The number of imidazole rings is 2. The van der Waals surface area contributed by atoms with E-state index in [1.165, 1.54) is 11.1 Å². The average Bonchev–Trinajstić information content (AvgIpc) is 3.77.